The van der Waals surface area contributed by atoms with Gasteiger partial charge in [0.25, 0.3) is 11.8 Å². The molecule has 2 aromatic heterocycles. The molecule has 0 N–H and O–H groups in total. The van der Waals surface area contributed by atoms with Gasteiger partial charge in [-0.25, -0.2) is 0 Å². The summed E-state index contributed by atoms with van der Waals surface area (Å²) in [4.78, 5) is 21.9. The van der Waals surface area contributed by atoms with Gasteiger partial charge >= 0.3 is 0 Å². The van der Waals surface area contributed by atoms with E-state index in [0.29, 0.717) is 37.0 Å². The summed E-state index contributed by atoms with van der Waals surface area (Å²) in [6.45, 7) is 8.19. The van der Waals surface area contributed by atoms with Crippen LogP contribution in [0.2, 0.25) is 0 Å². The first-order chi connectivity index (χ1) is 14.6. The number of benzene rings is 1. The summed E-state index contributed by atoms with van der Waals surface area (Å²) >= 11 is 3.54. The van der Waals surface area contributed by atoms with Gasteiger partial charge in [-0.05, 0) is 48.3 Å². The Morgan fingerprint density at radius 2 is 1.97 bits per heavy atom. The third-order valence-electron chi connectivity index (χ3n) is 5.29. The van der Waals surface area contributed by atoms with Crippen LogP contribution in [0.4, 0.5) is 0 Å². The highest BCUT2D eigenvalue weighted by atomic mass is 79.9. The molecule has 1 aromatic carbocycles. The van der Waals surface area contributed by atoms with Crippen molar-refractivity contribution in [1.82, 2.24) is 29.7 Å². The molecular weight excluding hydrogens is 448 g/mol. The Morgan fingerprint density at radius 1 is 1.17 bits per heavy atom. The van der Waals surface area contributed by atoms with Crippen LogP contribution in [0.5, 0.6) is 0 Å². The quantitative estimate of drug-likeness (QED) is 0.566. The first kappa shape index (κ1) is 20.7. The van der Waals surface area contributed by atoms with Crippen molar-refractivity contribution in [3.8, 4) is 11.5 Å². The standard InChI is InChI=1S/C21H25BrN6O2/c1-3-28-19(18(22)15(2)24-28)21(29)27-11-7-10-26(12-13-27)14-17-23-20(30-25-17)16-8-5-4-6-9-16/h4-6,8-9H,3,7,10-14H2,1-2H3. The average Bonchev–Trinajstić information content (AvgIpc) is 3.25. The zero-order valence-corrected chi connectivity index (χ0v) is 18.8. The second-order valence-electron chi connectivity index (χ2n) is 7.37. The normalized spacial score (nSPS) is 15.4. The maximum Gasteiger partial charge on any atom is 0.273 e. The van der Waals surface area contributed by atoms with Crippen LogP contribution in [0.25, 0.3) is 11.5 Å². The summed E-state index contributed by atoms with van der Waals surface area (Å²) in [5.41, 5.74) is 2.38. The summed E-state index contributed by atoms with van der Waals surface area (Å²) in [5.74, 6) is 1.22. The zero-order valence-electron chi connectivity index (χ0n) is 17.2. The Hall–Kier alpha value is -2.52. The van der Waals surface area contributed by atoms with Crippen molar-refractivity contribution in [2.45, 2.75) is 33.4 Å². The minimum absolute atomic E-state index is 0.0251. The molecule has 0 aliphatic carbocycles. The highest BCUT2D eigenvalue weighted by Crippen LogP contribution is 2.23. The lowest BCUT2D eigenvalue weighted by Crippen LogP contribution is -2.36. The topological polar surface area (TPSA) is 80.3 Å². The molecule has 1 aliphatic rings. The molecule has 8 nitrogen and oxygen atoms in total. The van der Waals surface area contributed by atoms with Crippen molar-refractivity contribution in [3.05, 3.63) is 52.0 Å². The van der Waals surface area contributed by atoms with Crippen LogP contribution in [-0.4, -0.2) is 61.8 Å². The minimum Gasteiger partial charge on any atom is -0.336 e. The predicted octanol–water partition coefficient (Wildman–Crippen LogP) is 3.37. The Morgan fingerprint density at radius 3 is 2.73 bits per heavy atom. The molecule has 4 rings (SSSR count). The lowest BCUT2D eigenvalue weighted by Gasteiger charge is -2.21. The SMILES string of the molecule is CCn1nc(C)c(Br)c1C(=O)N1CCCN(Cc2noc(-c3ccccc3)n2)CC1. The van der Waals surface area contributed by atoms with Crippen LogP contribution in [0.3, 0.4) is 0 Å². The van der Waals surface area contributed by atoms with Crippen LogP contribution in [-0.2, 0) is 13.1 Å². The molecule has 0 atom stereocenters. The predicted molar refractivity (Wildman–Crippen MR) is 116 cm³/mol. The van der Waals surface area contributed by atoms with Gasteiger partial charge in [0, 0.05) is 38.3 Å². The van der Waals surface area contributed by atoms with E-state index in [0.717, 1.165) is 41.8 Å². The molecule has 0 spiro atoms. The summed E-state index contributed by atoms with van der Waals surface area (Å²) in [5, 5.41) is 8.58. The maximum atomic E-state index is 13.2. The average molecular weight is 473 g/mol. The third kappa shape index (κ3) is 4.32. The van der Waals surface area contributed by atoms with Gasteiger partial charge in [-0.2, -0.15) is 10.1 Å². The number of carbonyl (C=O) groups excluding carboxylic acids is 1. The first-order valence-corrected chi connectivity index (χ1v) is 11.0. The lowest BCUT2D eigenvalue weighted by molar-refractivity contribution is 0.0747. The van der Waals surface area contributed by atoms with Gasteiger partial charge in [0.05, 0.1) is 16.7 Å². The summed E-state index contributed by atoms with van der Waals surface area (Å²) in [7, 11) is 0. The molecule has 158 valence electrons. The first-order valence-electron chi connectivity index (χ1n) is 10.2. The second kappa shape index (κ2) is 9.09. The third-order valence-corrected chi connectivity index (χ3v) is 6.24. The van der Waals surface area contributed by atoms with E-state index < -0.39 is 0 Å². The van der Waals surface area contributed by atoms with Crippen LogP contribution in [0.15, 0.2) is 39.3 Å². The number of nitrogens with zero attached hydrogens (tertiary/aromatic N) is 6. The molecular formula is C21H25BrN6O2. The summed E-state index contributed by atoms with van der Waals surface area (Å²) in [6, 6.07) is 9.76. The Kier molecular flexibility index (Phi) is 6.29. The number of aryl methyl sites for hydroxylation is 2. The molecule has 0 unspecified atom stereocenters. The van der Waals surface area contributed by atoms with E-state index in [1.54, 1.807) is 4.68 Å². The van der Waals surface area contributed by atoms with E-state index in [4.69, 9.17) is 4.52 Å². The molecule has 3 heterocycles. The van der Waals surface area contributed by atoms with Gasteiger partial charge in [0.2, 0.25) is 0 Å². The summed E-state index contributed by atoms with van der Waals surface area (Å²) < 4.78 is 7.97. The fourth-order valence-electron chi connectivity index (χ4n) is 3.69. The van der Waals surface area contributed by atoms with E-state index >= 15 is 0 Å². The van der Waals surface area contributed by atoms with Gasteiger partial charge in [-0.1, -0.05) is 23.4 Å². The number of rotatable bonds is 5. The van der Waals surface area contributed by atoms with E-state index in [9.17, 15) is 4.79 Å². The second-order valence-corrected chi connectivity index (χ2v) is 8.16. The number of amides is 1. The molecule has 1 aliphatic heterocycles. The Bertz CT molecular complexity index is 1020. The van der Waals surface area contributed by atoms with Crippen LogP contribution in [0.1, 0.15) is 35.4 Å². The number of hydrogen-bond donors (Lipinski definition) is 0. The molecule has 1 fully saturated rings. The van der Waals surface area contributed by atoms with E-state index in [1.807, 2.05) is 49.1 Å². The molecule has 3 aromatic rings. The van der Waals surface area contributed by atoms with Gasteiger partial charge in [0.15, 0.2) is 5.82 Å². The van der Waals surface area contributed by atoms with Crippen molar-refractivity contribution >= 4 is 21.8 Å². The molecule has 1 saturated heterocycles. The van der Waals surface area contributed by atoms with Gasteiger partial charge in [-0.15, -0.1) is 0 Å². The number of aromatic nitrogens is 4. The smallest absolute Gasteiger partial charge is 0.273 e. The zero-order chi connectivity index (χ0) is 21.1. The fraction of sp³-hybridized carbons (Fsp3) is 0.429. The largest absolute Gasteiger partial charge is 0.336 e. The Labute approximate surface area is 184 Å². The van der Waals surface area contributed by atoms with Gasteiger partial charge in [-0.3, -0.25) is 14.4 Å². The van der Waals surface area contributed by atoms with Crippen LogP contribution in [0, 0.1) is 6.92 Å². The van der Waals surface area contributed by atoms with Gasteiger partial charge < -0.3 is 9.42 Å². The minimum atomic E-state index is 0.0251. The van der Waals surface area contributed by atoms with Crippen molar-refractivity contribution < 1.29 is 9.32 Å². The van der Waals surface area contributed by atoms with Crippen molar-refractivity contribution in [3.63, 3.8) is 0 Å². The van der Waals surface area contributed by atoms with Crippen LogP contribution >= 0.6 is 15.9 Å². The molecule has 9 heteroatoms. The monoisotopic (exact) mass is 472 g/mol. The molecule has 0 saturated carbocycles. The summed E-state index contributed by atoms with van der Waals surface area (Å²) in [6.07, 6.45) is 0.895. The van der Waals surface area contributed by atoms with Crippen molar-refractivity contribution in [1.29, 1.82) is 0 Å². The number of halogens is 1. The lowest BCUT2D eigenvalue weighted by atomic mass is 10.2. The van der Waals surface area contributed by atoms with Crippen LogP contribution < -0.4 is 0 Å². The van der Waals surface area contributed by atoms with Crippen molar-refractivity contribution in [2.24, 2.45) is 0 Å². The molecule has 0 bridgehead atoms. The van der Waals surface area contributed by atoms with E-state index in [-0.39, 0.29) is 5.91 Å². The van der Waals surface area contributed by atoms with Crippen molar-refractivity contribution in [2.75, 3.05) is 26.2 Å². The molecule has 30 heavy (non-hydrogen) atoms. The number of hydrogen-bond acceptors (Lipinski definition) is 6. The number of carbonyl (C=O) groups is 1. The molecule has 1 amide bonds. The highest BCUT2D eigenvalue weighted by Gasteiger charge is 2.26. The maximum absolute atomic E-state index is 13.2. The van der Waals surface area contributed by atoms with E-state index in [2.05, 4.69) is 36.1 Å². The highest BCUT2D eigenvalue weighted by molar-refractivity contribution is 9.10. The molecule has 0 radical (unpaired) electrons. The fourth-order valence-corrected chi connectivity index (χ4v) is 4.14. The van der Waals surface area contributed by atoms with E-state index in [1.165, 1.54) is 0 Å². The van der Waals surface area contributed by atoms with Gasteiger partial charge in [0.1, 0.15) is 5.69 Å². The Balaban J connectivity index is 1.40.